The molecule has 2 atom stereocenters. The summed E-state index contributed by atoms with van der Waals surface area (Å²) >= 11 is 0. The quantitative estimate of drug-likeness (QED) is 0.152. The number of aromatic nitrogens is 2. The smallest absolute Gasteiger partial charge is 0.159 e. The van der Waals surface area contributed by atoms with Gasteiger partial charge < -0.3 is 14.2 Å². The third kappa shape index (κ3) is 8.06. The lowest BCUT2D eigenvalue weighted by Gasteiger charge is -2.08. The van der Waals surface area contributed by atoms with E-state index in [1.165, 1.54) is 44.9 Å². The number of ether oxygens (including phenoxy) is 3. The maximum atomic E-state index is 5.99. The number of benzene rings is 2. The van der Waals surface area contributed by atoms with Crippen molar-refractivity contribution >= 4 is 0 Å². The molecule has 192 valence electrons. The Morgan fingerprint density at radius 2 is 1.44 bits per heavy atom. The van der Waals surface area contributed by atoms with E-state index in [1.807, 2.05) is 54.9 Å². The van der Waals surface area contributed by atoms with Gasteiger partial charge in [0.15, 0.2) is 5.82 Å². The summed E-state index contributed by atoms with van der Waals surface area (Å²) in [6.45, 7) is 5.83. The van der Waals surface area contributed by atoms with Crippen LogP contribution in [0.25, 0.3) is 22.5 Å². The molecular weight excluding hydrogens is 448 g/mol. The molecule has 1 aliphatic heterocycles. The molecule has 4 rings (SSSR count). The lowest BCUT2D eigenvalue weighted by molar-refractivity contribution is 0.259. The van der Waals surface area contributed by atoms with Crippen molar-refractivity contribution < 1.29 is 14.2 Å². The average molecular weight is 489 g/mol. The molecule has 0 amide bonds. The van der Waals surface area contributed by atoms with Crippen LogP contribution >= 0.6 is 0 Å². The van der Waals surface area contributed by atoms with Crippen LogP contribution in [-0.4, -0.2) is 35.4 Å². The predicted octanol–water partition coefficient (Wildman–Crippen LogP) is 7.89. The fraction of sp³-hybridized carbons (Fsp3) is 0.484. The molecule has 1 aromatic heterocycles. The summed E-state index contributed by atoms with van der Waals surface area (Å²) in [6.07, 6.45) is 15.5. The first-order chi connectivity index (χ1) is 17.8. The van der Waals surface area contributed by atoms with Gasteiger partial charge >= 0.3 is 0 Å². The lowest BCUT2D eigenvalue weighted by atomic mass is 10.1. The van der Waals surface area contributed by atoms with Crippen LogP contribution in [0.1, 0.15) is 71.6 Å². The second kappa shape index (κ2) is 14.0. The van der Waals surface area contributed by atoms with Gasteiger partial charge in [-0.05, 0) is 54.8 Å². The Balaban J connectivity index is 1.25. The molecule has 1 saturated heterocycles. The van der Waals surface area contributed by atoms with E-state index >= 15 is 0 Å². The molecule has 36 heavy (non-hydrogen) atoms. The van der Waals surface area contributed by atoms with Gasteiger partial charge in [0, 0.05) is 23.5 Å². The van der Waals surface area contributed by atoms with Crippen LogP contribution in [0.5, 0.6) is 11.5 Å². The molecule has 0 spiro atoms. The highest BCUT2D eigenvalue weighted by Crippen LogP contribution is 2.29. The minimum atomic E-state index is 0.232. The van der Waals surface area contributed by atoms with Crippen LogP contribution < -0.4 is 9.47 Å². The minimum Gasteiger partial charge on any atom is -0.494 e. The van der Waals surface area contributed by atoms with E-state index < -0.39 is 0 Å². The molecule has 2 heterocycles. The molecule has 0 saturated carbocycles. The fourth-order valence-corrected chi connectivity index (χ4v) is 4.33. The fourth-order valence-electron chi connectivity index (χ4n) is 4.33. The molecule has 2 aromatic carbocycles. The van der Waals surface area contributed by atoms with Gasteiger partial charge in [-0.1, -0.05) is 70.9 Å². The van der Waals surface area contributed by atoms with E-state index in [0.717, 1.165) is 47.6 Å². The molecule has 1 fully saturated rings. The molecule has 5 heteroatoms. The number of unbranched alkanes of at least 4 members (excludes halogenated alkanes) is 6. The van der Waals surface area contributed by atoms with Crippen LogP contribution in [0, 0.1) is 0 Å². The number of rotatable bonds is 16. The van der Waals surface area contributed by atoms with E-state index in [0.29, 0.717) is 18.5 Å². The van der Waals surface area contributed by atoms with Gasteiger partial charge in [-0.2, -0.15) is 0 Å². The van der Waals surface area contributed by atoms with E-state index in [1.54, 1.807) is 0 Å². The number of nitrogens with zero attached hydrogens (tertiary/aromatic N) is 2. The first-order valence-electron chi connectivity index (χ1n) is 13.7. The summed E-state index contributed by atoms with van der Waals surface area (Å²) in [6, 6.07) is 16.1. The highest BCUT2D eigenvalue weighted by atomic mass is 16.6. The van der Waals surface area contributed by atoms with Crippen LogP contribution in [0.2, 0.25) is 0 Å². The maximum absolute atomic E-state index is 5.99. The van der Waals surface area contributed by atoms with Crippen LogP contribution in [-0.2, 0) is 4.74 Å². The van der Waals surface area contributed by atoms with Crippen molar-refractivity contribution in [1.29, 1.82) is 0 Å². The van der Waals surface area contributed by atoms with Crippen molar-refractivity contribution in [2.24, 2.45) is 0 Å². The van der Waals surface area contributed by atoms with Crippen molar-refractivity contribution in [3.05, 3.63) is 60.9 Å². The summed E-state index contributed by atoms with van der Waals surface area (Å²) in [5, 5.41) is 0. The largest absolute Gasteiger partial charge is 0.494 e. The summed E-state index contributed by atoms with van der Waals surface area (Å²) in [5.41, 5.74) is 2.98. The zero-order valence-electron chi connectivity index (χ0n) is 21.8. The molecule has 2 unspecified atom stereocenters. The van der Waals surface area contributed by atoms with Crippen LogP contribution in [0.15, 0.2) is 60.9 Å². The van der Waals surface area contributed by atoms with Crippen molar-refractivity contribution in [3.63, 3.8) is 0 Å². The third-order valence-electron chi connectivity index (χ3n) is 6.64. The Bertz CT molecular complexity index is 1040. The highest BCUT2D eigenvalue weighted by Gasteiger charge is 2.38. The van der Waals surface area contributed by atoms with Crippen LogP contribution in [0.4, 0.5) is 0 Å². The zero-order chi connectivity index (χ0) is 25.0. The third-order valence-corrected chi connectivity index (χ3v) is 6.64. The number of hydrogen-bond acceptors (Lipinski definition) is 5. The van der Waals surface area contributed by atoms with E-state index in [2.05, 4.69) is 29.9 Å². The van der Waals surface area contributed by atoms with E-state index in [9.17, 15) is 0 Å². The average Bonchev–Trinajstić information content (AvgIpc) is 3.69. The molecule has 0 N–H and O–H groups in total. The Labute approximate surface area is 216 Å². The number of epoxide rings is 1. The van der Waals surface area contributed by atoms with Crippen molar-refractivity contribution in [2.75, 3.05) is 13.2 Å². The first kappa shape index (κ1) is 26.2. The van der Waals surface area contributed by atoms with Gasteiger partial charge in [0.05, 0.1) is 12.7 Å². The van der Waals surface area contributed by atoms with Crippen molar-refractivity contribution in [2.45, 2.75) is 83.8 Å². The van der Waals surface area contributed by atoms with Gasteiger partial charge in [-0.3, -0.25) is 0 Å². The molecule has 5 nitrogen and oxygen atoms in total. The molecule has 0 aliphatic carbocycles. The van der Waals surface area contributed by atoms with Gasteiger partial charge in [0.1, 0.15) is 24.2 Å². The Morgan fingerprint density at radius 3 is 2.22 bits per heavy atom. The maximum Gasteiger partial charge on any atom is 0.159 e. The standard InChI is InChI=1S/C31H40N2O3/c1-3-5-7-8-9-10-19-34-27-17-15-24(16-18-27)31-32-21-26(22-33-31)25-12-11-13-28(20-25)35-23-30-29(36-30)14-6-4-2/h11-13,15-18,20-22,29-30H,3-10,14,19,23H2,1-2H3. The monoisotopic (exact) mass is 488 g/mol. The van der Waals surface area contributed by atoms with Gasteiger partial charge in [-0.25, -0.2) is 9.97 Å². The summed E-state index contributed by atoms with van der Waals surface area (Å²) in [7, 11) is 0. The number of hydrogen-bond donors (Lipinski definition) is 0. The van der Waals surface area contributed by atoms with Gasteiger partial charge in [-0.15, -0.1) is 0 Å². The van der Waals surface area contributed by atoms with Gasteiger partial charge in [0.2, 0.25) is 0 Å². The van der Waals surface area contributed by atoms with Crippen LogP contribution in [0.3, 0.4) is 0 Å². The second-order valence-corrected chi connectivity index (χ2v) is 9.63. The van der Waals surface area contributed by atoms with E-state index in [4.69, 9.17) is 14.2 Å². The lowest BCUT2D eigenvalue weighted by Crippen LogP contribution is -2.07. The second-order valence-electron chi connectivity index (χ2n) is 9.63. The SMILES string of the molecule is CCCCCCCCOc1ccc(-c2ncc(-c3cccc(OCC4OC4CCCC)c3)cn2)cc1. The summed E-state index contributed by atoms with van der Waals surface area (Å²) in [4.78, 5) is 9.21. The first-order valence-corrected chi connectivity index (χ1v) is 13.7. The van der Waals surface area contributed by atoms with Gasteiger partial charge in [0.25, 0.3) is 0 Å². The molecule has 0 radical (unpaired) electrons. The Kier molecular flexibility index (Phi) is 10.2. The van der Waals surface area contributed by atoms with Crippen molar-refractivity contribution in [1.82, 2.24) is 9.97 Å². The van der Waals surface area contributed by atoms with Crippen molar-refractivity contribution in [3.8, 4) is 34.0 Å². The Hall–Kier alpha value is -2.92. The van der Waals surface area contributed by atoms with E-state index in [-0.39, 0.29) is 6.10 Å². The molecular formula is C31H40N2O3. The highest BCUT2D eigenvalue weighted by molar-refractivity contribution is 5.65. The zero-order valence-corrected chi connectivity index (χ0v) is 21.8. The molecule has 3 aromatic rings. The summed E-state index contributed by atoms with van der Waals surface area (Å²) < 4.78 is 17.6. The normalized spacial score (nSPS) is 16.6. The molecule has 0 bridgehead atoms. The minimum absolute atomic E-state index is 0.232. The Morgan fingerprint density at radius 1 is 0.694 bits per heavy atom. The molecule has 1 aliphatic rings. The topological polar surface area (TPSA) is 56.8 Å². The summed E-state index contributed by atoms with van der Waals surface area (Å²) in [5.74, 6) is 2.45. The predicted molar refractivity (Wildman–Crippen MR) is 145 cm³/mol.